The van der Waals surface area contributed by atoms with E-state index < -0.39 is 11.6 Å². The van der Waals surface area contributed by atoms with E-state index in [-0.39, 0.29) is 16.9 Å². The normalized spacial score (nSPS) is 9.33. The molecular formula is C12H10O3. The van der Waals surface area contributed by atoms with Crippen LogP contribution in [0.1, 0.15) is 20.7 Å². The van der Waals surface area contributed by atoms with Gasteiger partial charge in [-0.15, -0.1) is 0 Å². The van der Waals surface area contributed by atoms with Crippen LogP contribution < -0.4 is 0 Å². The van der Waals surface area contributed by atoms with E-state index in [0.29, 0.717) is 0 Å². The topological polar surface area (TPSA) is 54.4 Å². The highest BCUT2D eigenvalue weighted by atomic mass is 16.3. The molecule has 15 heavy (non-hydrogen) atoms. The van der Waals surface area contributed by atoms with E-state index >= 15 is 0 Å². The number of rotatable bonds is 4. The third kappa shape index (κ3) is 2.02. The summed E-state index contributed by atoms with van der Waals surface area (Å²) in [5.74, 6) is -1.12. The van der Waals surface area contributed by atoms with Crippen molar-refractivity contribution in [2.24, 2.45) is 0 Å². The summed E-state index contributed by atoms with van der Waals surface area (Å²) < 4.78 is 0. The lowest BCUT2D eigenvalue weighted by Gasteiger charge is -2.05. The lowest BCUT2D eigenvalue weighted by atomic mass is 9.99. The number of carbonyl (C=O) groups is 2. The molecule has 1 aromatic rings. The van der Waals surface area contributed by atoms with Crippen molar-refractivity contribution in [3.63, 3.8) is 0 Å². The van der Waals surface area contributed by atoms with Gasteiger partial charge < -0.3 is 5.11 Å². The van der Waals surface area contributed by atoms with Gasteiger partial charge in [-0.2, -0.15) is 0 Å². The summed E-state index contributed by atoms with van der Waals surface area (Å²) in [6, 6.07) is 4.29. The van der Waals surface area contributed by atoms with Crippen molar-refractivity contribution in [3.8, 4) is 5.75 Å². The highest BCUT2D eigenvalue weighted by molar-refractivity contribution is 6.17. The van der Waals surface area contributed by atoms with Gasteiger partial charge in [0.2, 0.25) is 0 Å². The van der Waals surface area contributed by atoms with Crippen LogP contribution in [0, 0.1) is 0 Å². The molecule has 0 aliphatic carbocycles. The van der Waals surface area contributed by atoms with Gasteiger partial charge in [-0.25, -0.2) is 0 Å². The summed E-state index contributed by atoms with van der Waals surface area (Å²) >= 11 is 0. The van der Waals surface area contributed by atoms with Gasteiger partial charge in [-0.1, -0.05) is 25.3 Å². The fraction of sp³-hybridized carbons (Fsp3) is 0. The second-order valence-corrected chi connectivity index (χ2v) is 2.84. The maximum absolute atomic E-state index is 11.4. The van der Waals surface area contributed by atoms with Crippen molar-refractivity contribution in [1.29, 1.82) is 0 Å². The molecule has 0 aliphatic rings. The van der Waals surface area contributed by atoms with E-state index in [1.165, 1.54) is 18.2 Å². The first-order chi connectivity index (χ1) is 7.11. The number of aromatic hydroxyl groups is 1. The summed E-state index contributed by atoms with van der Waals surface area (Å²) in [5, 5.41) is 9.48. The number of ketones is 2. The molecule has 0 atom stereocenters. The van der Waals surface area contributed by atoms with Crippen LogP contribution in [0.15, 0.2) is 43.5 Å². The minimum Gasteiger partial charge on any atom is -0.507 e. The first-order valence-electron chi connectivity index (χ1n) is 4.27. The molecule has 3 heteroatoms. The van der Waals surface area contributed by atoms with Gasteiger partial charge in [-0.05, 0) is 18.2 Å². The summed E-state index contributed by atoms with van der Waals surface area (Å²) in [5.41, 5.74) is 0.104. The van der Waals surface area contributed by atoms with Gasteiger partial charge in [0.05, 0.1) is 5.56 Å². The molecule has 0 heterocycles. The number of carbonyl (C=O) groups excluding carboxylic acids is 2. The summed E-state index contributed by atoms with van der Waals surface area (Å²) in [7, 11) is 0. The van der Waals surface area contributed by atoms with Crippen LogP contribution in [0.4, 0.5) is 0 Å². The van der Waals surface area contributed by atoms with E-state index in [1.807, 2.05) is 0 Å². The highest BCUT2D eigenvalue weighted by Crippen LogP contribution is 2.22. The van der Waals surface area contributed by atoms with Crippen LogP contribution in [-0.2, 0) is 0 Å². The molecular weight excluding hydrogens is 192 g/mol. The minimum absolute atomic E-state index is 0.0302. The van der Waals surface area contributed by atoms with Gasteiger partial charge in [0, 0.05) is 5.56 Å². The van der Waals surface area contributed by atoms with Gasteiger partial charge in [0.15, 0.2) is 11.6 Å². The summed E-state index contributed by atoms with van der Waals surface area (Å²) in [6.07, 6.45) is 2.14. The zero-order chi connectivity index (χ0) is 11.4. The first kappa shape index (κ1) is 10.9. The van der Waals surface area contributed by atoms with Crippen molar-refractivity contribution in [3.05, 3.63) is 54.6 Å². The zero-order valence-electron chi connectivity index (χ0n) is 8.06. The maximum atomic E-state index is 11.4. The van der Waals surface area contributed by atoms with Crippen LogP contribution >= 0.6 is 0 Å². The van der Waals surface area contributed by atoms with Crippen molar-refractivity contribution in [2.45, 2.75) is 0 Å². The molecule has 1 N–H and O–H groups in total. The van der Waals surface area contributed by atoms with Gasteiger partial charge in [-0.3, -0.25) is 9.59 Å². The number of phenolic OH excluding ortho intramolecular Hbond substituents is 1. The first-order valence-corrected chi connectivity index (χ1v) is 4.27. The fourth-order valence-electron chi connectivity index (χ4n) is 1.22. The standard InChI is InChI=1S/C12H10O3/c1-3-9(13)8-6-5-7-11(15)12(8)10(14)4-2/h3-7,15H,1-2H2. The Morgan fingerprint density at radius 1 is 1.13 bits per heavy atom. The lowest BCUT2D eigenvalue weighted by Crippen LogP contribution is -2.05. The molecule has 0 unspecified atom stereocenters. The second kappa shape index (κ2) is 4.37. The van der Waals surface area contributed by atoms with Crippen LogP contribution in [-0.4, -0.2) is 16.7 Å². The van der Waals surface area contributed by atoms with Crippen LogP contribution in [0.25, 0.3) is 0 Å². The predicted octanol–water partition coefficient (Wildman–Crippen LogP) is 2.13. The zero-order valence-corrected chi connectivity index (χ0v) is 8.06. The molecule has 0 fully saturated rings. The van der Waals surface area contributed by atoms with E-state index in [2.05, 4.69) is 13.2 Å². The Morgan fingerprint density at radius 2 is 1.73 bits per heavy atom. The van der Waals surface area contributed by atoms with Crippen molar-refractivity contribution in [2.75, 3.05) is 0 Å². The molecule has 0 saturated heterocycles. The van der Waals surface area contributed by atoms with Crippen LogP contribution in [0.2, 0.25) is 0 Å². The van der Waals surface area contributed by atoms with Gasteiger partial charge >= 0.3 is 0 Å². The number of allylic oxidation sites excluding steroid dienone is 2. The lowest BCUT2D eigenvalue weighted by molar-refractivity contribution is 0.101. The second-order valence-electron chi connectivity index (χ2n) is 2.84. The number of hydrogen-bond acceptors (Lipinski definition) is 3. The molecule has 3 nitrogen and oxygen atoms in total. The Morgan fingerprint density at radius 3 is 2.27 bits per heavy atom. The largest absolute Gasteiger partial charge is 0.507 e. The minimum atomic E-state index is -0.488. The third-order valence-electron chi connectivity index (χ3n) is 1.93. The summed E-state index contributed by atoms with van der Waals surface area (Å²) in [6.45, 7) is 6.63. The molecule has 0 aromatic heterocycles. The van der Waals surface area contributed by atoms with Gasteiger partial charge in [0.1, 0.15) is 5.75 Å². The predicted molar refractivity (Wildman–Crippen MR) is 57.2 cm³/mol. The average molecular weight is 202 g/mol. The van der Waals surface area contributed by atoms with Crippen molar-refractivity contribution < 1.29 is 14.7 Å². The molecule has 0 radical (unpaired) electrons. The van der Waals surface area contributed by atoms with E-state index in [4.69, 9.17) is 0 Å². The Balaban J connectivity index is 3.45. The monoisotopic (exact) mass is 202 g/mol. The molecule has 1 rings (SSSR count). The van der Waals surface area contributed by atoms with E-state index in [0.717, 1.165) is 12.2 Å². The van der Waals surface area contributed by atoms with Crippen molar-refractivity contribution >= 4 is 11.6 Å². The Bertz CT molecular complexity index is 444. The molecule has 0 bridgehead atoms. The molecule has 1 aromatic carbocycles. The average Bonchev–Trinajstić information content (AvgIpc) is 2.26. The van der Waals surface area contributed by atoms with Crippen molar-refractivity contribution in [1.82, 2.24) is 0 Å². The molecule has 0 aliphatic heterocycles. The summed E-state index contributed by atoms with van der Waals surface area (Å²) in [4.78, 5) is 22.8. The van der Waals surface area contributed by atoms with Gasteiger partial charge in [0.25, 0.3) is 0 Å². The fourth-order valence-corrected chi connectivity index (χ4v) is 1.22. The van der Waals surface area contributed by atoms with E-state index in [1.54, 1.807) is 0 Å². The highest BCUT2D eigenvalue weighted by Gasteiger charge is 2.16. The Labute approximate surface area is 87.4 Å². The number of phenols is 1. The SMILES string of the molecule is C=CC(=O)c1cccc(O)c1C(=O)C=C. The smallest absolute Gasteiger partial charge is 0.189 e. The number of benzene rings is 1. The molecule has 76 valence electrons. The maximum Gasteiger partial charge on any atom is 0.189 e. The quantitative estimate of drug-likeness (QED) is 0.601. The molecule has 0 amide bonds. The third-order valence-corrected chi connectivity index (χ3v) is 1.93. The van der Waals surface area contributed by atoms with Crippen LogP contribution in [0.5, 0.6) is 5.75 Å². The Hall–Kier alpha value is -2.16. The molecule has 0 saturated carbocycles. The van der Waals surface area contributed by atoms with E-state index in [9.17, 15) is 14.7 Å². The van der Waals surface area contributed by atoms with Crippen LogP contribution in [0.3, 0.4) is 0 Å². The molecule has 0 spiro atoms. The Kier molecular flexibility index (Phi) is 3.18. The number of hydrogen-bond donors (Lipinski definition) is 1.